The number of aromatic nitrogens is 3. The highest BCUT2D eigenvalue weighted by atomic mass is 32.1. The smallest absolute Gasteiger partial charge is 0.416 e. The lowest BCUT2D eigenvalue weighted by Gasteiger charge is -2.36. The van der Waals surface area contributed by atoms with Crippen LogP contribution in [0.5, 0.6) is 5.75 Å². The first-order chi connectivity index (χ1) is 17.9. The maximum Gasteiger partial charge on any atom is 0.416 e. The van der Waals surface area contributed by atoms with Gasteiger partial charge in [-0.15, -0.1) is 0 Å². The molecule has 192 valence electrons. The Bertz CT molecular complexity index is 1380. The van der Waals surface area contributed by atoms with Gasteiger partial charge in [-0.1, -0.05) is 42.5 Å². The zero-order valence-electron chi connectivity index (χ0n) is 20.0. The summed E-state index contributed by atoms with van der Waals surface area (Å²) >= 11 is 5.81. The third-order valence-corrected chi connectivity index (χ3v) is 6.67. The summed E-state index contributed by atoms with van der Waals surface area (Å²) in [4.78, 5) is 4.18. The number of ether oxygens (including phenoxy) is 1. The molecule has 0 unspecified atom stereocenters. The minimum absolute atomic E-state index is 0.249. The van der Waals surface area contributed by atoms with Gasteiger partial charge in [-0.2, -0.15) is 18.3 Å². The summed E-state index contributed by atoms with van der Waals surface area (Å²) in [5.74, 6) is 1.43. The maximum atomic E-state index is 13.1. The van der Waals surface area contributed by atoms with Crippen LogP contribution in [0, 0.1) is 4.77 Å². The molecule has 1 aromatic heterocycles. The fraction of sp³-hybridized carbons (Fsp3) is 0.259. The van der Waals surface area contributed by atoms with E-state index in [0.29, 0.717) is 49.1 Å². The van der Waals surface area contributed by atoms with Gasteiger partial charge < -0.3 is 9.64 Å². The second kappa shape index (κ2) is 10.8. The van der Waals surface area contributed by atoms with E-state index in [1.807, 2.05) is 70.1 Å². The van der Waals surface area contributed by atoms with Crippen LogP contribution < -0.4 is 9.64 Å². The first-order valence-corrected chi connectivity index (χ1v) is 12.4. The highest BCUT2D eigenvalue weighted by Gasteiger charge is 2.31. The first kappa shape index (κ1) is 25.0. The van der Waals surface area contributed by atoms with E-state index in [1.165, 1.54) is 12.1 Å². The van der Waals surface area contributed by atoms with Gasteiger partial charge >= 0.3 is 6.18 Å². The maximum absolute atomic E-state index is 13.1. The molecule has 0 amide bonds. The number of alkyl halides is 3. The largest absolute Gasteiger partial charge is 0.486 e. The first-order valence-electron chi connectivity index (χ1n) is 11.9. The summed E-state index contributed by atoms with van der Waals surface area (Å²) < 4.78 is 49.6. The summed E-state index contributed by atoms with van der Waals surface area (Å²) in [5, 5.41) is 4.78. The second-order valence-electron chi connectivity index (χ2n) is 8.77. The van der Waals surface area contributed by atoms with Gasteiger partial charge in [-0.25, -0.2) is 4.68 Å². The molecule has 0 N–H and O–H groups in total. The van der Waals surface area contributed by atoms with E-state index in [-0.39, 0.29) is 6.61 Å². The molecule has 37 heavy (non-hydrogen) atoms. The Kier molecular flexibility index (Phi) is 7.29. The number of halogens is 3. The SMILES string of the molecule is FC(F)(F)c1cccc(N2CCN(Cn3nc(COc4ccccc4)n(-c4ccccc4)c3=S)CC2)c1. The number of nitrogens with zero attached hydrogens (tertiary/aromatic N) is 5. The third-order valence-electron chi connectivity index (χ3n) is 6.28. The van der Waals surface area contributed by atoms with Crippen LogP contribution in [0.1, 0.15) is 11.4 Å². The molecule has 1 saturated heterocycles. The fourth-order valence-corrected chi connectivity index (χ4v) is 4.66. The monoisotopic (exact) mass is 525 g/mol. The van der Waals surface area contributed by atoms with Crippen LogP contribution in [-0.4, -0.2) is 45.4 Å². The number of anilines is 1. The van der Waals surface area contributed by atoms with Crippen molar-refractivity contribution in [2.75, 3.05) is 31.1 Å². The molecule has 1 aliphatic heterocycles. The van der Waals surface area contributed by atoms with E-state index < -0.39 is 11.7 Å². The van der Waals surface area contributed by atoms with Crippen LogP contribution in [0.15, 0.2) is 84.9 Å². The number of benzene rings is 3. The Morgan fingerprint density at radius 2 is 1.46 bits per heavy atom. The van der Waals surface area contributed by atoms with Crippen LogP contribution >= 0.6 is 12.2 Å². The molecule has 1 fully saturated rings. The molecule has 1 aliphatic rings. The van der Waals surface area contributed by atoms with Crippen LogP contribution in [0.2, 0.25) is 0 Å². The number of hydrogen-bond acceptors (Lipinski definition) is 5. The average molecular weight is 526 g/mol. The van der Waals surface area contributed by atoms with E-state index in [1.54, 1.807) is 10.7 Å². The fourth-order valence-electron chi connectivity index (χ4n) is 4.36. The molecule has 0 bridgehead atoms. The Morgan fingerprint density at radius 3 is 2.14 bits per heavy atom. The Balaban J connectivity index is 1.30. The Morgan fingerprint density at radius 1 is 0.811 bits per heavy atom. The van der Waals surface area contributed by atoms with Gasteiger partial charge in [0.05, 0.1) is 12.2 Å². The van der Waals surface area contributed by atoms with Crippen molar-refractivity contribution in [1.29, 1.82) is 0 Å². The topological polar surface area (TPSA) is 38.5 Å². The van der Waals surface area contributed by atoms with E-state index in [4.69, 9.17) is 22.1 Å². The van der Waals surface area contributed by atoms with Crippen LogP contribution in [0.3, 0.4) is 0 Å². The molecular formula is C27H26F3N5OS. The molecule has 0 saturated carbocycles. The molecule has 0 atom stereocenters. The highest BCUT2D eigenvalue weighted by Crippen LogP contribution is 2.32. The van der Waals surface area contributed by atoms with Gasteiger partial charge in [0.1, 0.15) is 12.4 Å². The van der Waals surface area contributed by atoms with Gasteiger partial charge in [0.2, 0.25) is 4.77 Å². The van der Waals surface area contributed by atoms with Gasteiger partial charge in [0.15, 0.2) is 5.82 Å². The van der Waals surface area contributed by atoms with Crippen molar-refractivity contribution in [2.24, 2.45) is 0 Å². The number of hydrogen-bond donors (Lipinski definition) is 0. The van der Waals surface area contributed by atoms with Gasteiger partial charge in [0, 0.05) is 37.6 Å². The Labute approximate surface area is 218 Å². The molecule has 5 rings (SSSR count). The van der Waals surface area contributed by atoms with E-state index in [2.05, 4.69) is 4.90 Å². The number of piperazine rings is 1. The summed E-state index contributed by atoms with van der Waals surface area (Å²) in [6.45, 7) is 3.29. The minimum Gasteiger partial charge on any atom is -0.486 e. The van der Waals surface area contributed by atoms with Crippen LogP contribution in [-0.2, 0) is 19.5 Å². The quantitative estimate of drug-likeness (QED) is 0.286. The van der Waals surface area contributed by atoms with E-state index in [0.717, 1.165) is 17.5 Å². The van der Waals surface area contributed by atoms with Crippen molar-refractivity contribution in [3.05, 3.63) is 101 Å². The lowest BCUT2D eigenvalue weighted by molar-refractivity contribution is -0.137. The van der Waals surface area contributed by atoms with Gasteiger partial charge in [-0.05, 0) is 54.7 Å². The summed E-state index contributed by atoms with van der Waals surface area (Å²) in [6.07, 6.45) is -4.35. The summed E-state index contributed by atoms with van der Waals surface area (Å²) in [6, 6.07) is 24.8. The molecule has 2 heterocycles. The van der Waals surface area contributed by atoms with Crippen molar-refractivity contribution in [3.8, 4) is 11.4 Å². The molecule has 10 heteroatoms. The summed E-state index contributed by atoms with van der Waals surface area (Å²) in [5.41, 5.74) is 0.856. The predicted molar refractivity (Wildman–Crippen MR) is 138 cm³/mol. The van der Waals surface area contributed by atoms with Crippen molar-refractivity contribution in [3.63, 3.8) is 0 Å². The lowest BCUT2D eigenvalue weighted by Crippen LogP contribution is -2.47. The van der Waals surface area contributed by atoms with Crippen molar-refractivity contribution >= 4 is 17.9 Å². The zero-order chi connectivity index (χ0) is 25.8. The van der Waals surface area contributed by atoms with Crippen molar-refractivity contribution < 1.29 is 17.9 Å². The zero-order valence-corrected chi connectivity index (χ0v) is 20.8. The van der Waals surface area contributed by atoms with E-state index >= 15 is 0 Å². The molecule has 3 aromatic carbocycles. The molecule has 4 aromatic rings. The molecule has 0 spiro atoms. The van der Waals surface area contributed by atoms with Gasteiger partial charge in [-0.3, -0.25) is 9.47 Å². The lowest BCUT2D eigenvalue weighted by atomic mass is 10.1. The normalized spacial score (nSPS) is 14.6. The third kappa shape index (κ3) is 5.86. The van der Waals surface area contributed by atoms with Crippen LogP contribution in [0.25, 0.3) is 5.69 Å². The second-order valence-corrected chi connectivity index (χ2v) is 9.13. The highest BCUT2D eigenvalue weighted by molar-refractivity contribution is 7.71. The standard InChI is InChI=1S/C27H26F3N5OS/c28-27(29,30)21-8-7-11-23(18-21)33-16-14-32(15-17-33)20-34-26(37)35(22-9-3-1-4-10-22)25(31-34)19-36-24-12-5-2-6-13-24/h1-13,18H,14-17,19-20H2. The van der Waals surface area contributed by atoms with Crippen LogP contribution in [0.4, 0.5) is 18.9 Å². The number of para-hydroxylation sites is 2. The average Bonchev–Trinajstić information content (AvgIpc) is 3.23. The predicted octanol–water partition coefficient (Wildman–Crippen LogP) is 5.78. The molecule has 6 nitrogen and oxygen atoms in total. The number of rotatable bonds is 7. The Hall–Kier alpha value is -3.63. The molecule has 0 aliphatic carbocycles. The van der Waals surface area contributed by atoms with Crippen molar-refractivity contribution in [2.45, 2.75) is 19.5 Å². The summed E-state index contributed by atoms with van der Waals surface area (Å²) in [7, 11) is 0. The molecule has 0 radical (unpaired) electrons. The minimum atomic E-state index is -4.35. The molecular weight excluding hydrogens is 499 g/mol. The van der Waals surface area contributed by atoms with Crippen molar-refractivity contribution in [1.82, 2.24) is 19.2 Å². The van der Waals surface area contributed by atoms with Gasteiger partial charge in [0.25, 0.3) is 0 Å². The van der Waals surface area contributed by atoms with E-state index in [9.17, 15) is 13.2 Å².